The Morgan fingerprint density at radius 1 is 1.28 bits per heavy atom. The van der Waals surface area contributed by atoms with E-state index >= 15 is 0 Å². The molecule has 0 radical (unpaired) electrons. The maximum Gasteiger partial charge on any atom is 0.124 e. The molecule has 0 saturated carbocycles. The van der Waals surface area contributed by atoms with Crippen molar-refractivity contribution in [2.75, 3.05) is 25.5 Å². The van der Waals surface area contributed by atoms with Crippen LogP contribution in [0.4, 0.5) is 10.1 Å². The molecule has 0 amide bonds. The summed E-state index contributed by atoms with van der Waals surface area (Å²) in [6, 6.07) is 5.03. The fraction of sp³-hybridized carbons (Fsp3) is 0.357. The van der Waals surface area contributed by atoms with Crippen molar-refractivity contribution < 1.29 is 4.39 Å². The van der Waals surface area contributed by atoms with Crippen LogP contribution in [0.25, 0.3) is 10.9 Å². The number of nitrogens with zero attached hydrogens (tertiary/aromatic N) is 2. The number of hydrogen-bond acceptors (Lipinski definition) is 3. The van der Waals surface area contributed by atoms with Crippen molar-refractivity contribution >= 4 is 16.6 Å². The summed E-state index contributed by atoms with van der Waals surface area (Å²) in [7, 11) is 3.89. The van der Waals surface area contributed by atoms with Gasteiger partial charge in [0.15, 0.2) is 0 Å². The van der Waals surface area contributed by atoms with Gasteiger partial charge in [0.25, 0.3) is 0 Å². The van der Waals surface area contributed by atoms with Crippen LogP contribution in [0, 0.1) is 12.7 Å². The second-order valence-corrected chi connectivity index (χ2v) is 4.68. The fourth-order valence-electron chi connectivity index (χ4n) is 2.18. The molecule has 1 heterocycles. The number of aryl methyl sites for hydroxylation is 1. The highest BCUT2D eigenvalue weighted by atomic mass is 19.1. The highest BCUT2D eigenvalue weighted by molar-refractivity contribution is 5.93. The lowest BCUT2D eigenvalue weighted by molar-refractivity contribution is 0.627. The van der Waals surface area contributed by atoms with Crippen LogP contribution in [0.1, 0.15) is 11.3 Å². The maximum absolute atomic E-state index is 13.7. The van der Waals surface area contributed by atoms with Gasteiger partial charge in [-0.25, -0.2) is 4.39 Å². The SMILES string of the molecule is Cc1cc(N(C)C)c2cc(F)cc(CCN)c2n1. The van der Waals surface area contributed by atoms with Crippen molar-refractivity contribution in [2.24, 2.45) is 5.73 Å². The number of nitrogens with two attached hydrogens (primary N) is 1. The van der Waals surface area contributed by atoms with Crippen LogP contribution >= 0.6 is 0 Å². The molecule has 0 saturated heterocycles. The van der Waals surface area contributed by atoms with Gasteiger partial charge in [0.05, 0.1) is 5.52 Å². The van der Waals surface area contributed by atoms with Gasteiger partial charge in [0, 0.05) is 30.9 Å². The molecular formula is C14H18FN3. The lowest BCUT2D eigenvalue weighted by atomic mass is 10.0. The van der Waals surface area contributed by atoms with E-state index in [0.717, 1.165) is 27.8 Å². The van der Waals surface area contributed by atoms with Crippen LogP contribution in [0.5, 0.6) is 0 Å². The predicted molar refractivity (Wildman–Crippen MR) is 73.5 cm³/mol. The molecule has 2 aromatic rings. The molecule has 0 aliphatic carbocycles. The van der Waals surface area contributed by atoms with Gasteiger partial charge in [-0.05, 0) is 43.7 Å². The third-order valence-corrected chi connectivity index (χ3v) is 2.96. The van der Waals surface area contributed by atoms with Gasteiger partial charge in [-0.1, -0.05) is 0 Å². The molecule has 0 spiro atoms. The number of pyridine rings is 1. The molecular weight excluding hydrogens is 229 g/mol. The quantitative estimate of drug-likeness (QED) is 0.904. The first-order valence-electron chi connectivity index (χ1n) is 6.00. The van der Waals surface area contributed by atoms with Crippen LogP contribution in [-0.4, -0.2) is 25.6 Å². The van der Waals surface area contributed by atoms with E-state index in [9.17, 15) is 4.39 Å². The Balaban J connectivity index is 2.80. The summed E-state index contributed by atoms with van der Waals surface area (Å²) in [6.45, 7) is 2.44. The summed E-state index contributed by atoms with van der Waals surface area (Å²) in [4.78, 5) is 6.50. The van der Waals surface area contributed by atoms with E-state index in [1.807, 2.05) is 32.0 Å². The summed E-state index contributed by atoms with van der Waals surface area (Å²) in [6.07, 6.45) is 0.636. The van der Waals surface area contributed by atoms with Gasteiger partial charge in [-0.2, -0.15) is 0 Å². The number of halogens is 1. The second kappa shape index (κ2) is 4.90. The molecule has 0 aliphatic heterocycles. The van der Waals surface area contributed by atoms with E-state index in [1.165, 1.54) is 12.1 Å². The predicted octanol–water partition coefficient (Wildman–Crippen LogP) is 2.25. The van der Waals surface area contributed by atoms with E-state index in [1.54, 1.807) is 0 Å². The van der Waals surface area contributed by atoms with Crippen molar-refractivity contribution in [1.82, 2.24) is 4.98 Å². The Morgan fingerprint density at radius 2 is 2.00 bits per heavy atom. The first-order valence-corrected chi connectivity index (χ1v) is 6.00. The van der Waals surface area contributed by atoms with Crippen LogP contribution < -0.4 is 10.6 Å². The number of rotatable bonds is 3. The Kier molecular flexibility index (Phi) is 3.48. The first kappa shape index (κ1) is 12.8. The normalized spacial score (nSPS) is 10.9. The van der Waals surface area contributed by atoms with Gasteiger partial charge in [-0.15, -0.1) is 0 Å². The van der Waals surface area contributed by atoms with Gasteiger partial charge in [0.2, 0.25) is 0 Å². The fourth-order valence-corrected chi connectivity index (χ4v) is 2.18. The lowest BCUT2D eigenvalue weighted by Crippen LogP contribution is -2.11. The minimum atomic E-state index is -0.236. The molecule has 2 rings (SSSR count). The van der Waals surface area contributed by atoms with Crippen LogP contribution in [0.2, 0.25) is 0 Å². The number of benzene rings is 1. The monoisotopic (exact) mass is 247 g/mol. The molecule has 0 aliphatic rings. The largest absolute Gasteiger partial charge is 0.377 e. The minimum Gasteiger partial charge on any atom is -0.377 e. The third kappa shape index (κ3) is 2.29. The zero-order valence-electron chi connectivity index (χ0n) is 11.0. The number of aromatic nitrogens is 1. The molecule has 1 aromatic heterocycles. The first-order chi connectivity index (χ1) is 8.52. The molecule has 18 heavy (non-hydrogen) atoms. The second-order valence-electron chi connectivity index (χ2n) is 4.68. The summed E-state index contributed by atoms with van der Waals surface area (Å²) in [5.41, 5.74) is 9.21. The van der Waals surface area contributed by atoms with Crippen molar-refractivity contribution in [1.29, 1.82) is 0 Å². The highest BCUT2D eigenvalue weighted by Crippen LogP contribution is 2.28. The standard InChI is InChI=1S/C14H18FN3/c1-9-6-13(18(2)3)12-8-11(15)7-10(4-5-16)14(12)17-9/h6-8H,4-5,16H2,1-3H3. The topological polar surface area (TPSA) is 42.1 Å². The summed E-state index contributed by atoms with van der Waals surface area (Å²) >= 11 is 0. The van der Waals surface area contributed by atoms with Crippen LogP contribution in [-0.2, 0) is 6.42 Å². The van der Waals surface area contributed by atoms with E-state index in [0.29, 0.717) is 13.0 Å². The smallest absolute Gasteiger partial charge is 0.124 e. The Labute approximate surface area is 106 Å². The Bertz CT molecular complexity index is 579. The molecule has 1 aromatic carbocycles. The molecule has 0 bridgehead atoms. The van der Waals surface area contributed by atoms with Crippen LogP contribution in [0.15, 0.2) is 18.2 Å². The minimum absolute atomic E-state index is 0.236. The number of hydrogen-bond donors (Lipinski definition) is 1. The maximum atomic E-state index is 13.7. The van der Waals surface area contributed by atoms with Gasteiger partial charge >= 0.3 is 0 Å². The summed E-state index contributed by atoms with van der Waals surface area (Å²) in [5.74, 6) is -0.236. The van der Waals surface area contributed by atoms with Gasteiger partial charge in [0.1, 0.15) is 5.82 Å². The Hall–Kier alpha value is -1.68. The average Bonchev–Trinajstić information content (AvgIpc) is 2.29. The lowest BCUT2D eigenvalue weighted by Gasteiger charge is -2.17. The summed E-state index contributed by atoms with van der Waals surface area (Å²) in [5, 5.41) is 0.842. The molecule has 4 heteroatoms. The molecule has 0 atom stereocenters. The molecule has 96 valence electrons. The Morgan fingerprint density at radius 3 is 2.61 bits per heavy atom. The van der Waals surface area contributed by atoms with Crippen LogP contribution in [0.3, 0.4) is 0 Å². The van der Waals surface area contributed by atoms with Crippen molar-refractivity contribution in [3.8, 4) is 0 Å². The van der Waals surface area contributed by atoms with Crippen molar-refractivity contribution in [3.05, 3.63) is 35.3 Å². The molecule has 0 unspecified atom stereocenters. The summed E-state index contributed by atoms with van der Waals surface area (Å²) < 4.78 is 13.7. The zero-order chi connectivity index (χ0) is 13.3. The van der Waals surface area contributed by atoms with Gasteiger partial charge < -0.3 is 10.6 Å². The third-order valence-electron chi connectivity index (χ3n) is 2.96. The number of anilines is 1. The molecule has 2 N–H and O–H groups in total. The number of fused-ring (bicyclic) bond motifs is 1. The van der Waals surface area contributed by atoms with Gasteiger partial charge in [-0.3, -0.25) is 4.98 Å². The van der Waals surface area contributed by atoms with E-state index in [2.05, 4.69) is 4.98 Å². The van der Waals surface area contributed by atoms with E-state index < -0.39 is 0 Å². The average molecular weight is 247 g/mol. The molecule has 3 nitrogen and oxygen atoms in total. The molecule has 0 fully saturated rings. The highest BCUT2D eigenvalue weighted by Gasteiger charge is 2.11. The van der Waals surface area contributed by atoms with E-state index in [4.69, 9.17) is 5.73 Å². The van der Waals surface area contributed by atoms with Crippen molar-refractivity contribution in [3.63, 3.8) is 0 Å². The van der Waals surface area contributed by atoms with E-state index in [-0.39, 0.29) is 5.82 Å². The zero-order valence-corrected chi connectivity index (χ0v) is 11.0. The van der Waals surface area contributed by atoms with Crippen molar-refractivity contribution in [2.45, 2.75) is 13.3 Å².